The normalized spacial score (nSPS) is 15.2. The third-order valence-electron chi connectivity index (χ3n) is 7.36. The first-order chi connectivity index (χ1) is 18.7. The van der Waals surface area contributed by atoms with E-state index in [-0.39, 0.29) is 36.7 Å². The van der Waals surface area contributed by atoms with Gasteiger partial charge in [0.15, 0.2) is 0 Å². The molecule has 1 aliphatic rings. The Morgan fingerprint density at radius 3 is 2.08 bits per heavy atom. The summed E-state index contributed by atoms with van der Waals surface area (Å²) in [6.07, 6.45) is -0.407. The van der Waals surface area contributed by atoms with Crippen molar-refractivity contribution >= 4 is 23.6 Å². The van der Waals surface area contributed by atoms with E-state index in [9.17, 15) is 27.6 Å². The largest absolute Gasteiger partial charge is 0.573 e. The van der Waals surface area contributed by atoms with Gasteiger partial charge in [0.25, 0.3) is 5.91 Å². The number of rotatable bonds is 9. The summed E-state index contributed by atoms with van der Waals surface area (Å²) in [7, 11) is 0. The molecule has 0 unspecified atom stereocenters. The molecule has 3 N–H and O–H groups in total. The van der Waals surface area contributed by atoms with Gasteiger partial charge < -0.3 is 25.4 Å². The number of ether oxygens (including phenoxy) is 1. The van der Waals surface area contributed by atoms with Crippen molar-refractivity contribution in [3.63, 3.8) is 0 Å². The zero-order valence-electron chi connectivity index (χ0n) is 22.9. The van der Waals surface area contributed by atoms with Crippen molar-refractivity contribution < 1.29 is 37.4 Å². The number of hydrogen-bond acceptors (Lipinski definition) is 4. The molecule has 40 heavy (non-hydrogen) atoms. The first-order valence-electron chi connectivity index (χ1n) is 13.2. The predicted molar refractivity (Wildman–Crippen MR) is 144 cm³/mol. The first kappa shape index (κ1) is 30.8. The van der Waals surface area contributed by atoms with Gasteiger partial charge in [0.2, 0.25) is 0 Å². The van der Waals surface area contributed by atoms with Crippen molar-refractivity contribution in [2.75, 3.05) is 11.9 Å². The van der Waals surface area contributed by atoms with Crippen molar-refractivity contribution in [3.05, 3.63) is 59.7 Å². The zero-order valence-corrected chi connectivity index (χ0v) is 22.9. The number of nitrogens with one attached hydrogen (secondary N) is 2. The molecule has 218 valence electrons. The fourth-order valence-corrected chi connectivity index (χ4v) is 5.24. The van der Waals surface area contributed by atoms with Gasteiger partial charge in [0.1, 0.15) is 5.75 Å². The number of aliphatic carboxylic acids is 1. The van der Waals surface area contributed by atoms with Crippen LogP contribution in [0, 0.1) is 5.41 Å². The van der Waals surface area contributed by atoms with E-state index in [1.807, 2.05) is 4.90 Å². The van der Waals surface area contributed by atoms with Crippen LogP contribution in [0.15, 0.2) is 48.5 Å². The molecule has 3 rings (SSSR count). The smallest absolute Gasteiger partial charge is 0.481 e. The molecule has 1 aliphatic carbocycles. The van der Waals surface area contributed by atoms with Gasteiger partial charge >= 0.3 is 18.4 Å². The highest BCUT2D eigenvalue weighted by Gasteiger charge is 2.49. The van der Waals surface area contributed by atoms with Crippen LogP contribution in [0.3, 0.4) is 0 Å². The number of benzene rings is 2. The Labute approximate surface area is 231 Å². The van der Waals surface area contributed by atoms with E-state index in [2.05, 4.69) is 36.1 Å². The summed E-state index contributed by atoms with van der Waals surface area (Å²) in [4.78, 5) is 38.7. The molecule has 0 aliphatic heterocycles. The second kappa shape index (κ2) is 12.6. The number of carboxylic acids is 1. The molecule has 8 nitrogen and oxygen atoms in total. The lowest BCUT2D eigenvalue weighted by molar-refractivity contribution is -0.274. The second-order valence-corrected chi connectivity index (χ2v) is 11.0. The Bertz CT molecular complexity index is 1170. The standard InChI is InChI=1S/C29H36F3N3O5/c1-27(2,3)28(16-5-4-6-17-28)35(26(39)34-22-11-13-23(14-12-22)40-29(30,31)32)19-20-7-9-21(10-8-20)25(38)33-18-15-24(36)37/h7-14H,4-6,15-19H2,1-3H3,(H,33,38)(H,34,39)(H,36,37). The number of nitrogens with zero attached hydrogens (tertiary/aromatic N) is 1. The molecule has 0 radical (unpaired) electrons. The number of anilines is 1. The minimum absolute atomic E-state index is 0.0152. The third-order valence-corrected chi connectivity index (χ3v) is 7.36. The van der Waals surface area contributed by atoms with E-state index in [0.29, 0.717) is 11.3 Å². The van der Waals surface area contributed by atoms with Crippen LogP contribution in [0.4, 0.5) is 23.7 Å². The number of urea groups is 1. The first-order valence-corrected chi connectivity index (χ1v) is 13.2. The Morgan fingerprint density at radius 1 is 0.950 bits per heavy atom. The summed E-state index contributed by atoms with van der Waals surface area (Å²) in [5.74, 6) is -1.78. The van der Waals surface area contributed by atoms with E-state index in [4.69, 9.17) is 5.11 Å². The molecule has 3 amide bonds. The second-order valence-electron chi connectivity index (χ2n) is 11.0. The average molecular weight is 564 g/mol. The van der Waals surface area contributed by atoms with Crippen molar-refractivity contribution in [1.82, 2.24) is 10.2 Å². The van der Waals surface area contributed by atoms with Crippen LogP contribution in [0.5, 0.6) is 5.75 Å². The average Bonchev–Trinajstić information content (AvgIpc) is 2.87. The Hall–Kier alpha value is -3.76. The van der Waals surface area contributed by atoms with Crippen LogP contribution in [-0.4, -0.2) is 46.4 Å². The number of carbonyl (C=O) groups is 3. The van der Waals surface area contributed by atoms with E-state index >= 15 is 0 Å². The quantitative estimate of drug-likeness (QED) is 0.320. The predicted octanol–water partition coefficient (Wildman–Crippen LogP) is 6.57. The van der Waals surface area contributed by atoms with Crippen LogP contribution in [0.2, 0.25) is 0 Å². The topological polar surface area (TPSA) is 108 Å². The van der Waals surface area contributed by atoms with Gasteiger partial charge in [-0.3, -0.25) is 9.59 Å². The van der Waals surface area contributed by atoms with Crippen LogP contribution in [0.25, 0.3) is 0 Å². The van der Waals surface area contributed by atoms with Gasteiger partial charge in [0.05, 0.1) is 6.42 Å². The molecule has 2 aromatic rings. The molecular weight excluding hydrogens is 527 g/mol. The van der Waals surface area contributed by atoms with E-state index in [0.717, 1.165) is 49.8 Å². The summed E-state index contributed by atoms with van der Waals surface area (Å²) in [5, 5.41) is 14.2. The van der Waals surface area contributed by atoms with Crippen LogP contribution < -0.4 is 15.4 Å². The summed E-state index contributed by atoms with van der Waals surface area (Å²) < 4.78 is 41.5. The molecular formula is C29H36F3N3O5. The van der Waals surface area contributed by atoms with Crippen LogP contribution in [0.1, 0.15) is 75.2 Å². The highest BCUT2D eigenvalue weighted by atomic mass is 19.4. The Morgan fingerprint density at radius 2 is 1.55 bits per heavy atom. The van der Waals surface area contributed by atoms with Gasteiger partial charge in [-0.2, -0.15) is 0 Å². The maximum atomic E-state index is 13.8. The van der Waals surface area contributed by atoms with E-state index < -0.39 is 23.8 Å². The minimum atomic E-state index is -4.81. The van der Waals surface area contributed by atoms with Gasteiger partial charge in [-0.15, -0.1) is 13.2 Å². The maximum Gasteiger partial charge on any atom is 0.573 e. The number of carbonyl (C=O) groups excluding carboxylic acids is 2. The molecule has 1 fully saturated rings. The number of alkyl halides is 3. The van der Waals surface area contributed by atoms with E-state index in [1.54, 1.807) is 24.3 Å². The van der Waals surface area contributed by atoms with Gasteiger partial charge in [-0.05, 0) is 60.2 Å². The maximum absolute atomic E-state index is 13.8. The zero-order chi connectivity index (χ0) is 29.6. The molecule has 11 heteroatoms. The molecule has 0 saturated heterocycles. The monoisotopic (exact) mass is 563 g/mol. The fourth-order valence-electron chi connectivity index (χ4n) is 5.24. The van der Waals surface area contributed by atoms with Crippen molar-refractivity contribution in [1.29, 1.82) is 0 Å². The molecule has 0 spiro atoms. The van der Waals surface area contributed by atoms with Crippen molar-refractivity contribution in [2.24, 2.45) is 5.41 Å². The lowest BCUT2D eigenvalue weighted by atomic mass is 9.64. The Kier molecular flexibility index (Phi) is 9.70. The molecule has 0 aromatic heterocycles. The minimum Gasteiger partial charge on any atom is -0.481 e. The number of halogens is 3. The molecule has 0 atom stereocenters. The lowest BCUT2D eigenvalue weighted by Gasteiger charge is -2.54. The SMILES string of the molecule is CC(C)(C)C1(N(Cc2ccc(C(=O)NCCC(=O)O)cc2)C(=O)Nc2ccc(OC(F)(F)F)cc2)CCCCC1. The fraction of sp³-hybridized carbons (Fsp3) is 0.483. The highest BCUT2D eigenvalue weighted by molar-refractivity contribution is 5.94. The van der Waals surface area contributed by atoms with Crippen molar-refractivity contribution in [2.45, 2.75) is 77.7 Å². The summed E-state index contributed by atoms with van der Waals surface area (Å²) in [6.45, 7) is 6.58. The third kappa shape index (κ3) is 8.12. The van der Waals surface area contributed by atoms with Crippen LogP contribution in [-0.2, 0) is 11.3 Å². The van der Waals surface area contributed by atoms with Crippen LogP contribution >= 0.6 is 0 Å². The number of hydrogen-bond donors (Lipinski definition) is 3. The van der Waals surface area contributed by atoms with E-state index in [1.165, 1.54) is 12.1 Å². The summed E-state index contributed by atoms with van der Waals surface area (Å²) in [5.41, 5.74) is 0.730. The molecule has 1 saturated carbocycles. The van der Waals surface area contributed by atoms with Gasteiger partial charge in [-0.25, -0.2) is 4.79 Å². The highest BCUT2D eigenvalue weighted by Crippen LogP contribution is 2.47. The number of amides is 3. The molecule has 2 aromatic carbocycles. The van der Waals surface area contributed by atoms with Gasteiger partial charge in [-0.1, -0.05) is 52.2 Å². The number of carboxylic acid groups (broad SMARTS) is 1. The molecule has 0 bridgehead atoms. The van der Waals surface area contributed by atoms with Crippen molar-refractivity contribution in [3.8, 4) is 5.75 Å². The Balaban J connectivity index is 1.84. The lowest BCUT2D eigenvalue weighted by Crippen LogP contribution is -2.60. The van der Waals surface area contributed by atoms with Gasteiger partial charge in [0, 0.05) is 29.9 Å². The summed E-state index contributed by atoms with van der Waals surface area (Å²) >= 11 is 0. The summed E-state index contributed by atoms with van der Waals surface area (Å²) in [6, 6.07) is 11.4. The molecule has 0 heterocycles.